The third-order valence-electron chi connectivity index (χ3n) is 3.60. The smallest absolute Gasteiger partial charge is 0.250 e. The molecule has 0 bridgehead atoms. The van der Waals surface area contributed by atoms with Crippen LogP contribution in [-0.4, -0.2) is 17.7 Å². The zero-order valence-electron chi connectivity index (χ0n) is 12.9. The van der Waals surface area contributed by atoms with Crippen molar-refractivity contribution in [3.8, 4) is 11.5 Å². The molecular weight excluding hydrogens is 324 g/mol. The van der Waals surface area contributed by atoms with E-state index in [2.05, 4.69) is 16.4 Å². The van der Waals surface area contributed by atoms with Crippen LogP contribution in [0.1, 0.15) is 11.1 Å². The highest BCUT2D eigenvalue weighted by atomic mass is 32.1. The summed E-state index contributed by atoms with van der Waals surface area (Å²) in [7, 11) is 0. The maximum Gasteiger partial charge on any atom is 0.250 e. The van der Waals surface area contributed by atoms with Gasteiger partial charge in [-0.05, 0) is 48.4 Å². The Hall–Kier alpha value is -2.86. The van der Waals surface area contributed by atoms with E-state index in [1.54, 1.807) is 6.08 Å². The molecule has 0 spiro atoms. The maximum absolute atomic E-state index is 12.1. The molecule has 1 amide bonds. The van der Waals surface area contributed by atoms with Crippen LogP contribution in [0.4, 0.5) is 5.13 Å². The van der Waals surface area contributed by atoms with Crippen molar-refractivity contribution < 1.29 is 14.3 Å². The number of ether oxygens (including phenoxy) is 2. The van der Waals surface area contributed by atoms with Crippen LogP contribution in [0.5, 0.6) is 11.5 Å². The average Bonchev–Trinajstić information content (AvgIpc) is 3.17. The second-order valence-corrected chi connectivity index (χ2v) is 6.46. The molecule has 1 aliphatic rings. The molecule has 120 valence electrons. The van der Waals surface area contributed by atoms with Gasteiger partial charge in [0.15, 0.2) is 16.6 Å². The Morgan fingerprint density at radius 1 is 1.21 bits per heavy atom. The Morgan fingerprint density at radius 3 is 3.00 bits per heavy atom. The van der Waals surface area contributed by atoms with Crippen LogP contribution >= 0.6 is 11.3 Å². The van der Waals surface area contributed by atoms with Gasteiger partial charge in [-0.1, -0.05) is 23.5 Å². The number of nitrogens with one attached hydrogen (secondary N) is 1. The van der Waals surface area contributed by atoms with Crippen molar-refractivity contribution >= 4 is 38.7 Å². The van der Waals surface area contributed by atoms with E-state index in [-0.39, 0.29) is 12.7 Å². The fourth-order valence-electron chi connectivity index (χ4n) is 2.42. The lowest BCUT2D eigenvalue weighted by Crippen LogP contribution is -2.07. The van der Waals surface area contributed by atoms with Crippen LogP contribution in [-0.2, 0) is 4.79 Å². The topological polar surface area (TPSA) is 60.5 Å². The lowest BCUT2D eigenvalue weighted by molar-refractivity contribution is -0.111. The number of anilines is 1. The number of nitrogens with zero attached hydrogens (tertiary/aromatic N) is 1. The summed E-state index contributed by atoms with van der Waals surface area (Å²) in [6.45, 7) is 2.27. The van der Waals surface area contributed by atoms with Crippen molar-refractivity contribution in [3.63, 3.8) is 0 Å². The molecule has 0 saturated heterocycles. The molecule has 1 aliphatic heterocycles. The third-order valence-corrected chi connectivity index (χ3v) is 4.53. The molecule has 0 fully saturated rings. The van der Waals surface area contributed by atoms with Crippen molar-refractivity contribution in [1.82, 2.24) is 4.98 Å². The molecular formula is C18H14N2O3S. The molecule has 0 saturated carbocycles. The second-order valence-electron chi connectivity index (χ2n) is 5.43. The lowest BCUT2D eigenvalue weighted by Gasteiger charge is -1.98. The number of carbonyl (C=O) groups excluding carboxylic acids is 1. The van der Waals surface area contributed by atoms with Crippen LogP contribution in [0.15, 0.2) is 42.5 Å². The molecule has 6 heteroatoms. The van der Waals surface area contributed by atoms with E-state index < -0.39 is 0 Å². The molecule has 2 aromatic carbocycles. The Balaban J connectivity index is 1.47. The summed E-state index contributed by atoms with van der Waals surface area (Å²) < 4.78 is 11.6. The van der Waals surface area contributed by atoms with Crippen molar-refractivity contribution in [2.75, 3.05) is 12.1 Å². The molecule has 0 radical (unpaired) electrons. The molecule has 0 atom stereocenters. The van der Waals surface area contributed by atoms with Gasteiger partial charge in [-0.25, -0.2) is 4.98 Å². The summed E-state index contributed by atoms with van der Waals surface area (Å²) >= 11 is 1.46. The summed E-state index contributed by atoms with van der Waals surface area (Å²) in [5.41, 5.74) is 2.93. The van der Waals surface area contributed by atoms with Gasteiger partial charge in [0, 0.05) is 6.08 Å². The maximum atomic E-state index is 12.1. The first kappa shape index (κ1) is 14.7. The number of fused-ring (bicyclic) bond motifs is 2. The molecule has 4 rings (SSSR count). The van der Waals surface area contributed by atoms with E-state index in [0.717, 1.165) is 21.5 Å². The molecule has 1 aromatic heterocycles. The van der Waals surface area contributed by atoms with E-state index in [0.29, 0.717) is 10.9 Å². The molecule has 24 heavy (non-hydrogen) atoms. The lowest BCUT2D eigenvalue weighted by atomic mass is 10.2. The summed E-state index contributed by atoms with van der Waals surface area (Å²) in [4.78, 5) is 16.5. The summed E-state index contributed by atoms with van der Waals surface area (Å²) in [5, 5.41) is 3.39. The standard InChI is InChI=1S/C18H14N2O3S/c1-11-2-5-13-16(8-11)24-18(19-13)20-17(21)7-4-12-3-6-14-15(9-12)23-10-22-14/h2-9H,10H2,1H3,(H,19,20,21)/b7-4-. The van der Waals surface area contributed by atoms with Gasteiger partial charge in [-0.15, -0.1) is 0 Å². The van der Waals surface area contributed by atoms with Gasteiger partial charge >= 0.3 is 0 Å². The Morgan fingerprint density at radius 2 is 2.08 bits per heavy atom. The number of amides is 1. The Kier molecular flexibility index (Phi) is 3.66. The van der Waals surface area contributed by atoms with Crippen LogP contribution in [0.25, 0.3) is 16.3 Å². The molecule has 0 aliphatic carbocycles. The summed E-state index contributed by atoms with van der Waals surface area (Å²) in [5.74, 6) is 1.20. The Labute approximate surface area is 142 Å². The van der Waals surface area contributed by atoms with Gasteiger partial charge < -0.3 is 9.47 Å². The quantitative estimate of drug-likeness (QED) is 0.734. The zero-order chi connectivity index (χ0) is 16.5. The van der Waals surface area contributed by atoms with E-state index in [1.165, 1.54) is 23.0 Å². The fourth-order valence-corrected chi connectivity index (χ4v) is 3.39. The van der Waals surface area contributed by atoms with E-state index >= 15 is 0 Å². The van der Waals surface area contributed by atoms with Gasteiger partial charge in [0.05, 0.1) is 10.2 Å². The SMILES string of the molecule is Cc1ccc2nc(NC(=O)/C=C\c3ccc4c(c3)OCO4)sc2c1. The van der Waals surface area contributed by atoms with Crippen molar-refractivity contribution in [2.45, 2.75) is 6.92 Å². The number of carbonyl (C=O) groups is 1. The Bertz CT molecular complexity index is 962. The van der Waals surface area contributed by atoms with E-state index in [9.17, 15) is 4.79 Å². The van der Waals surface area contributed by atoms with Crippen LogP contribution in [0.3, 0.4) is 0 Å². The highest BCUT2D eigenvalue weighted by Crippen LogP contribution is 2.32. The second kappa shape index (κ2) is 5.98. The predicted molar refractivity (Wildman–Crippen MR) is 94.6 cm³/mol. The molecule has 1 N–H and O–H groups in total. The molecule has 5 nitrogen and oxygen atoms in total. The van der Waals surface area contributed by atoms with Crippen molar-refractivity contribution in [3.05, 3.63) is 53.6 Å². The highest BCUT2D eigenvalue weighted by Gasteiger charge is 2.12. The minimum absolute atomic E-state index is 0.219. The zero-order valence-corrected chi connectivity index (χ0v) is 13.7. The van der Waals surface area contributed by atoms with Gasteiger partial charge in [-0.3, -0.25) is 10.1 Å². The minimum Gasteiger partial charge on any atom is -0.454 e. The van der Waals surface area contributed by atoms with Gasteiger partial charge in [0.25, 0.3) is 0 Å². The number of aryl methyl sites for hydroxylation is 1. The average molecular weight is 338 g/mol. The number of thiazole rings is 1. The van der Waals surface area contributed by atoms with E-state index in [4.69, 9.17) is 9.47 Å². The van der Waals surface area contributed by atoms with Gasteiger partial charge in [-0.2, -0.15) is 0 Å². The van der Waals surface area contributed by atoms with Crippen molar-refractivity contribution in [1.29, 1.82) is 0 Å². The van der Waals surface area contributed by atoms with Crippen molar-refractivity contribution in [2.24, 2.45) is 0 Å². The molecule has 0 unspecified atom stereocenters. The third kappa shape index (κ3) is 2.96. The number of aromatic nitrogens is 1. The van der Waals surface area contributed by atoms with E-state index in [1.807, 2.05) is 37.3 Å². The van der Waals surface area contributed by atoms with Gasteiger partial charge in [0.1, 0.15) is 0 Å². The summed E-state index contributed by atoms with van der Waals surface area (Å²) in [6, 6.07) is 11.6. The predicted octanol–water partition coefficient (Wildman–Crippen LogP) is 3.99. The van der Waals surface area contributed by atoms with Crippen LogP contribution in [0.2, 0.25) is 0 Å². The first-order valence-corrected chi connectivity index (χ1v) is 8.25. The van der Waals surface area contributed by atoms with Gasteiger partial charge in [0.2, 0.25) is 12.7 Å². The first-order valence-electron chi connectivity index (χ1n) is 7.43. The monoisotopic (exact) mass is 338 g/mol. The van der Waals surface area contributed by atoms with Crippen LogP contribution in [0, 0.1) is 6.92 Å². The minimum atomic E-state index is -0.219. The molecule has 2 heterocycles. The number of rotatable bonds is 3. The van der Waals surface area contributed by atoms with Crippen LogP contribution < -0.4 is 14.8 Å². The number of benzene rings is 2. The largest absolute Gasteiger partial charge is 0.454 e. The fraction of sp³-hybridized carbons (Fsp3) is 0.111. The summed E-state index contributed by atoms with van der Waals surface area (Å²) in [6.07, 6.45) is 3.21. The number of hydrogen-bond donors (Lipinski definition) is 1. The number of hydrogen-bond acceptors (Lipinski definition) is 5. The first-order chi connectivity index (χ1) is 11.7. The normalized spacial score (nSPS) is 12.9. The highest BCUT2D eigenvalue weighted by molar-refractivity contribution is 7.22. The molecule has 3 aromatic rings.